The molecular weight excluding hydrogens is 440 g/mol. The van der Waals surface area contributed by atoms with Crippen LogP contribution >= 0.6 is 34.4 Å². The first-order valence-corrected chi connectivity index (χ1v) is 11.9. The molecule has 0 spiro atoms. The first-order valence-electron chi connectivity index (χ1n) is 9.16. The molecule has 0 bridgehead atoms. The van der Waals surface area contributed by atoms with Crippen molar-refractivity contribution in [1.82, 2.24) is 15.2 Å². The molecule has 5 heterocycles. The Hall–Kier alpha value is -2.69. The summed E-state index contributed by atoms with van der Waals surface area (Å²) in [4.78, 5) is 15.2. The van der Waals surface area contributed by atoms with Crippen LogP contribution in [-0.4, -0.2) is 32.6 Å². The van der Waals surface area contributed by atoms with Gasteiger partial charge in [-0.05, 0) is 35.9 Å². The van der Waals surface area contributed by atoms with Crippen LogP contribution in [0.15, 0.2) is 66.5 Å². The van der Waals surface area contributed by atoms with Gasteiger partial charge in [0.1, 0.15) is 5.76 Å². The number of thioether (sulfide) groups is 1. The number of nitrogens with zero attached hydrogens (tertiary/aromatic N) is 4. The fourth-order valence-corrected chi connectivity index (χ4v) is 5.36. The molecule has 1 atom stereocenters. The van der Waals surface area contributed by atoms with Crippen molar-refractivity contribution in [3.8, 4) is 11.5 Å². The molecule has 4 aromatic rings. The molecule has 10 heteroatoms. The molecule has 152 valence electrons. The topological polar surface area (TPSA) is 84.7 Å². The Labute approximate surface area is 184 Å². The van der Waals surface area contributed by atoms with Gasteiger partial charge in [0.05, 0.1) is 34.2 Å². The SMILES string of the molecule is Cc1occc1-c1nnc(SCC(=O)N2N=C(c3cccs3)C[C@H]2c2cccs2)o1. The number of aryl methyl sites for hydroxylation is 1. The van der Waals surface area contributed by atoms with Gasteiger partial charge in [-0.15, -0.1) is 32.9 Å². The number of hydrogen-bond donors (Lipinski definition) is 0. The Kier molecular flexibility index (Phi) is 5.28. The summed E-state index contributed by atoms with van der Waals surface area (Å²) in [5.41, 5.74) is 1.69. The van der Waals surface area contributed by atoms with Crippen LogP contribution < -0.4 is 0 Å². The summed E-state index contributed by atoms with van der Waals surface area (Å²) in [6.07, 6.45) is 2.29. The Morgan fingerprint density at radius 1 is 1.23 bits per heavy atom. The Morgan fingerprint density at radius 3 is 2.83 bits per heavy atom. The molecule has 1 aliphatic rings. The largest absolute Gasteiger partial charge is 0.469 e. The molecule has 30 heavy (non-hydrogen) atoms. The Bertz CT molecular complexity index is 1180. The monoisotopic (exact) mass is 456 g/mol. The standard InChI is InChI=1S/C20H16N4O3S3/c1-12-13(6-7-26-12)19-21-22-20(27-19)30-11-18(25)24-15(17-5-3-9-29-17)10-14(23-24)16-4-2-8-28-16/h2-9,15H,10-11H2,1H3/t15-/m0/s1. The summed E-state index contributed by atoms with van der Waals surface area (Å²) < 4.78 is 11.0. The Balaban J connectivity index is 1.31. The van der Waals surface area contributed by atoms with Gasteiger partial charge in [-0.2, -0.15) is 5.10 Å². The third kappa shape index (κ3) is 3.73. The second-order valence-corrected chi connectivity index (χ2v) is 9.40. The minimum absolute atomic E-state index is 0.0815. The number of carbonyl (C=O) groups excluding carboxylic acids is 1. The highest BCUT2D eigenvalue weighted by atomic mass is 32.2. The molecule has 4 aromatic heterocycles. The molecule has 1 aliphatic heterocycles. The summed E-state index contributed by atoms with van der Waals surface area (Å²) in [5.74, 6) is 1.16. The number of thiophene rings is 2. The maximum atomic E-state index is 13.0. The number of carbonyl (C=O) groups is 1. The molecule has 0 aliphatic carbocycles. The lowest BCUT2D eigenvalue weighted by molar-refractivity contribution is -0.130. The van der Waals surface area contributed by atoms with Crippen molar-refractivity contribution in [1.29, 1.82) is 0 Å². The van der Waals surface area contributed by atoms with Crippen molar-refractivity contribution in [3.63, 3.8) is 0 Å². The van der Waals surface area contributed by atoms with Crippen LogP contribution in [0, 0.1) is 6.92 Å². The van der Waals surface area contributed by atoms with Gasteiger partial charge in [-0.25, -0.2) is 5.01 Å². The van der Waals surface area contributed by atoms with Crippen LogP contribution in [0.25, 0.3) is 11.5 Å². The normalized spacial score (nSPS) is 16.2. The smallest absolute Gasteiger partial charge is 0.277 e. The lowest BCUT2D eigenvalue weighted by Crippen LogP contribution is -2.28. The molecule has 0 fully saturated rings. The van der Waals surface area contributed by atoms with Crippen molar-refractivity contribution in [3.05, 3.63) is 62.9 Å². The number of aromatic nitrogens is 2. The lowest BCUT2D eigenvalue weighted by atomic mass is 10.1. The van der Waals surface area contributed by atoms with Gasteiger partial charge in [0.2, 0.25) is 0 Å². The van der Waals surface area contributed by atoms with Crippen LogP contribution in [0.2, 0.25) is 0 Å². The van der Waals surface area contributed by atoms with E-state index in [9.17, 15) is 4.79 Å². The third-order valence-corrected chi connectivity index (χ3v) is 7.35. The summed E-state index contributed by atoms with van der Waals surface area (Å²) in [6.45, 7) is 1.83. The van der Waals surface area contributed by atoms with E-state index < -0.39 is 0 Å². The van der Waals surface area contributed by atoms with E-state index in [2.05, 4.69) is 15.3 Å². The Morgan fingerprint density at radius 2 is 2.10 bits per heavy atom. The number of hydrazone groups is 1. The quantitative estimate of drug-likeness (QED) is 0.369. The highest BCUT2D eigenvalue weighted by molar-refractivity contribution is 7.99. The van der Waals surface area contributed by atoms with E-state index in [-0.39, 0.29) is 17.7 Å². The number of furan rings is 1. The van der Waals surface area contributed by atoms with Gasteiger partial charge < -0.3 is 8.83 Å². The van der Waals surface area contributed by atoms with Crippen molar-refractivity contribution in [2.75, 3.05) is 5.75 Å². The van der Waals surface area contributed by atoms with E-state index in [4.69, 9.17) is 8.83 Å². The van der Waals surface area contributed by atoms with Crippen molar-refractivity contribution in [2.24, 2.45) is 5.10 Å². The minimum Gasteiger partial charge on any atom is -0.469 e. The molecule has 0 unspecified atom stereocenters. The van der Waals surface area contributed by atoms with Gasteiger partial charge in [0.25, 0.3) is 17.0 Å². The van der Waals surface area contributed by atoms with Crippen LogP contribution in [0.5, 0.6) is 0 Å². The van der Waals surface area contributed by atoms with Crippen LogP contribution in [-0.2, 0) is 4.79 Å². The molecule has 7 nitrogen and oxygen atoms in total. The third-order valence-electron chi connectivity index (χ3n) is 4.66. The first kappa shape index (κ1) is 19.3. The van der Waals surface area contributed by atoms with E-state index in [0.717, 1.165) is 21.0 Å². The zero-order valence-electron chi connectivity index (χ0n) is 15.8. The molecule has 0 N–H and O–H groups in total. The van der Waals surface area contributed by atoms with E-state index in [0.29, 0.717) is 23.3 Å². The molecule has 5 rings (SSSR count). The fourth-order valence-electron chi connectivity index (χ4n) is 3.21. The van der Waals surface area contributed by atoms with Gasteiger partial charge in [0, 0.05) is 11.3 Å². The van der Waals surface area contributed by atoms with E-state index in [1.54, 1.807) is 40.0 Å². The first-order chi connectivity index (χ1) is 14.7. The number of amides is 1. The maximum absolute atomic E-state index is 13.0. The van der Waals surface area contributed by atoms with E-state index >= 15 is 0 Å². The van der Waals surface area contributed by atoms with Gasteiger partial charge >= 0.3 is 0 Å². The molecule has 0 saturated heterocycles. The van der Waals surface area contributed by atoms with Crippen molar-refractivity contribution >= 4 is 46.1 Å². The van der Waals surface area contributed by atoms with E-state index in [1.165, 1.54) is 11.8 Å². The van der Waals surface area contributed by atoms with Crippen LogP contribution in [0.1, 0.15) is 28.0 Å². The predicted octanol–water partition coefficient (Wildman–Crippen LogP) is 5.23. The van der Waals surface area contributed by atoms with Gasteiger partial charge in [-0.3, -0.25) is 4.79 Å². The molecule has 0 radical (unpaired) electrons. The maximum Gasteiger partial charge on any atom is 0.277 e. The average Bonchev–Trinajstić information content (AvgIpc) is 3.55. The second-order valence-electron chi connectivity index (χ2n) is 6.55. The summed E-state index contributed by atoms with van der Waals surface area (Å²) in [6, 6.07) is 9.78. The highest BCUT2D eigenvalue weighted by Crippen LogP contribution is 2.36. The zero-order valence-corrected chi connectivity index (χ0v) is 18.3. The zero-order chi connectivity index (χ0) is 20.5. The lowest BCUT2D eigenvalue weighted by Gasteiger charge is -2.20. The van der Waals surface area contributed by atoms with Crippen molar-refractivity contribution in [2.45, 2.75) is 24.6 Å². The summed E-state index contributed by atoms with van der Waals surface area (Å²) in [7, 11) is 0. The summed E-state index contributed by atoms with van der Waals surface area (Å²) >= 11 is 4.48. The molecule has 0 aromatic carbocycles. The molecule has 0 saturated carbocycles. The minimum atomic E-state index is -0.0933. The van der Waals surface area contributed by atoms with Gasteiger partial charge in [-0.1, -0.05) is 23.9 Å². The molecule has 1 amide bonds. The number of rotatable bonds is 6. The fraction of sp³-hybridized carbons (Fsp3) is 0.200. The number of hydrogen-bond acceptors (Lipinski definition) is 9. The summed E-state index contributed by atoms with van der Waals surface area (Å²) in [5, 5.41) is 18.7. The van der Waals surface area contributed by atoms with E-state index in [1.807, 2.05) is 41.9 Å². The average molecular weight is 457 g/mol. The molecular formula is C20H16N4O3S3. The van der Waals surface area contributed by atoms with Gasteiger partial charge in [0.15, 0.2) is 0 Å². The predicted molar refractivity (Wildman–Crippen MR) is 117 cm³/mol. The van der Waals surface area contributed by atoms with Crippen molar-refractivity contribution < 1.29 is 13.6 Å². The highest BCUT2D eigenvalue weighted by Gasteiger charge is 2.34. The second kappa shape index (κ2) is 8.21. The van der Waals surface area contributed by atoms with Crippen LogP contribution in [0.4, 0.5) is 0 Å². The van der Waals surface area contributed by atoms with Crippen LogP contribution in [0.3, 0.4) is 0 Å².